The highest BCUT2D eigenvalue weighted by molar-refractivity contribution is 9.10. The van der Waals surface area contributed by atoms with Crippen molar-refractivity contribution in [3.8, 4) is 11.4 Å². The fourth-order valence-corrected chi connectivity index (χ4v) is 1.60. The van der Waals surface area contributed by atoms with Crippen LogP contribution in [0.1, 0.15) is 12.5 Å². The molecule has 0 fully saturated rings. The fourth-order valence-electron chi connectivity index (χ4n) is 1.40. The highest BCUT2D eigenvalue weighted by atomic mass is 79.9. The van der Waals surface area contributed by atoms with Crippen LogP contribution in [0, 0.1) is 0 Å². The van der Waals surface area contributed by atoms with Gasteiger partial charge in [0, 0.05) is 18.0 Å². The quantitative estimate of drug-likeness (QED) is 0.829. The second kappa shape index (κ2) is 5.03. The lowest BCUT2D eigenvalue weighted by molar-refractivity contribution is 1.16. The Bertz CT molecular complexity index is 486. The molecule has 1 aromatic heterocycles. The average molecular weight is 275 g/mol. The van der Waals surface area contributed by atoms with Crippen LogP contribution in [-0.2, 0) is 0 Å². The van der Waals surface area contributed by atoms with E-state index in [1.807, 2.05) is 25.1 Å². The Morgan fingerprint density at radius 3 is 2.25 bits per heavy atom. The highest BCUT2D eigenvalue weighted by Crippen LogP contribution is 2.17. The summed E-state index contributed by atoms with van der Waals surface area (Å²) in [4.78, 5) is 8.50. The maximum absolute atomic E-state index is 4.25. The van der Waals surface area contributed by atoms with Gasteiger partial charge in [0.2, 0.25) is 0 Å². The molecule has 1 aromatic carbocycles. The number of hydrogen-bond donors (Lipinski definition) is 0. The third-order valence-corrected chi connectivity index (χ3v) is 2.56. The van der Waals surface area contributed by atoms with E-state index in [0.29, 0.717) is 0 Å². The van der Waals surface area contributed by atoms with Crippen LogP contribution >= 0.6 is 15.9 Å². The van der Waals surface area contributed by atoms with Crippen molar-refractivity contribution in [3.63, 3.8) is 0 Å². The Morgan fingerprint density at radius 1 is 1.06 bits per heavy atom. The molecule has 0 saturated heterocycles. The van der Waals surface area contributed by atoms with E-state index < -0.39 is 0 Å². The molecular formula is C13H11BrN2. The first kappa shape index (κ1) is 11.0. The number of benzene rings is 1. The molecule has 0 unspecified atom stereocenters. The van der Waals surface area contributed by atoms with E-state index in [4.69, 9.17) is 0 Å². The van der Waals surface area contributed by atoms with Crippen LogP contribution in [0.5, 0.6) is 0 Å². The second-order valence-electron chi connectivity index (χ2n) is 3.35. The SMILES string of the molecule is C/C=C/c1ccc(-c2ncc(Br)cn2)cc1. The van der Waals surface area contributed by atoms with Crippen LogP contribution in [0.2, 0.25) is 0 Å². The van der Waals surface area contributed by atoms with E-state index in [1.165, 1.54) is 5.56 Å². The molecule has 2 rings (SSSR count). The summed E-state index contributed by atoms with van der Waals surface area (Å²) in [5, 5.41) is 0. The van der Waals surface area contributed by atoms with E-state index in [2.05, 4.69) is 44.1 Å². The summed E-state index contributed by atoms with van der Waals surface area (Å²) in [5.41, 5.74) is 2.21. The first-order valence-electron chi connectivity index (χ1n) is 5.00. The first-order valence-corrected chi connectivity index (χ1v) is 5.79. The summed E-state index contributed by atoms with van der Waals surface area (Å²) in [6.45, 7) is 2.01. The molecule has 0 amide bonds. The predicted molar refractivity (Wildman–Crippen MR) is 69.9 cm³/mol. The van der Waals surface area contributed by atoms with Crippen molar-refractivity contribution >= 4 is 22.0 Å². The topological polar surface area (TPSA) is 25.8 Å². The molecule has 0 spiro atoms. The standard InChI is InChI=1S/C13H11BrN2/c1-2-3-10-4-6-11(7-5-10)13-15-8-12(14)9-16-13/h2-9H,1H3/b3-2+. The van der Waals surface area contributed by atoms with E-state index in [0.717, 1.165) is 15.9 Å². The lowest BCUT2D eigenvalue weighted by atomic mass is 10.1. The molecule has 2 aromatic rings. The summed E-state index contributed by atoms with van der Waals surface area (Å²) >= 11 is 3.32. The van der Waals surface area contributed by atoms with Crippen LogP contribution in [-0.4, -0.2) is 9.97 Å². The monoisotopic (exact) mass is 274 g/mol. The Balaban J connectivity index is 2.31. The lowest BCUT2D eigenvalue weighted by Crippen LogP contribution is -1.87. The Hall–Kier alpha value is -1.48. The molecule has 1 heterocycles. The molecule has 0 N–H and O–H groups in total. The van der Waals surface area contributed by atoms with E-state index in [-0.39, 0.29) is 0 Å². The van der Waals surface area contributed by atoms with Crippen molar-refractivity contribution in [1.29, 1.82) is 0 Å². The molecule has 0 saturated carbocycles. The molecule has 0 aliphatic heterocycles. The van der Waals surface area contributed by atoms with Crippen molar-refractivity contribution in [2.75, 3.05) is 0 Å². The van der Waals surface area contributed by atoms with Gasteiger partial charge in [-0.15, -0.1) is 0 Å². The van der Waals surface area contributed by atoms with Gasteiger partial charge in [0.25, 0.3) is 0 Å². The molecule has 2 nitrogen and oxygen atoms in total. The predicted octanol–water partition coefficient (Wildman–Crippen LogP) is 3.94. The van der Waals surface area contributed by atoms with Crippen molar-refractivity contribution in [1.82, 2.24) is 9.97 Å². The molecule has 0 aliphatic carbocycles. The Labute approximate surface area is 103 Å². The zero-order valence-electron chi connectivity index (χ0n) is 8.89. The number of halogens is 1. The number of aromatic nitrogens is 2. The van der Waals surface area contributed by atoms with Gasteiger partial charge in [-0.3, -0.25) is 0 Å². The summed E-state index contributed by atoms with van der Waals surface area (Å²) in [6.07, 6.45) is 7.59. The van der Waals surface area contributed by atoms with E-state index >= 15 is 0 Å². The Morgan fingerprint density at radius 2 is 1.69 bits per heavy atom. The van der Waals surface area contributed by atoms with Crippen molar-refractivity contribution in [3.05, 3.63) is 52.8 Å². The average Bonchev–Trinajstić information content (AvgIpc) is 2.32. The van der Waals surface area contributed by atoms with Crippen LogP contribution in [0.25, 0.3) is 17.5 Å². The van der Waals surface area contributed by atoms with Gasteiger partial charge in [0.1, 0.15) is 0 Å². The van der Waals surface area contributed by atoms with Crippen molar-refractivity contribution in [2.45, 2.75) is 6.92 Å². The minimum absolute atomic E-state index is 0.746. The smallest absolute Gasteiger partial charge is 0.159 e. The van der Waals surface area contributed by atoms with Gasteiger partial charge in [-0.25, -0.2) is 9.97 Å². The number of nitrogens with zero attached hydrogens (tertiary/aromatic N) is 2. The molecule has 0 atom stereocenters. The summed E-state index contributed by atoms with van der Waals surface area (Å²) < 4.78 is 0.891. The van der Waals surface area contributed by atoms with Crippen molar-refractivity contribution < 1.29 is 0 Å². The molecule has 3 heteroatoms. The first-order chi connectivity index (χ1) is 7.79. The zero-order chi connectivity index (χ0) is 11.4. The maximum Gasteiger partial charge on any atom is 0.159 e. The van der Waals surface area contributed by atoms with E-state index in [9.17, 15) is 0 Å². The summed E-state index contributed by atoms with van der Waals surface area (Å²) in [6, 6.07) is 8.17. The van der Waals surface area contributed by atoms with Gasteiger partial charge in [-0.05, 0) is 28.4 Å². The number of rotatable bonds is 2. The largest absolute Gasteiger partial charge is 0.235 e. The van der Waals surface area contributed by atoms with Gasteiger partial charge < -0.3 is 0 Å². The minimum atomic E-state index is 0.746. The fraction of sp³-hybridized carbons (Fsp3) is 0.0769. The maximum atomic E-state index is 4.25. The molecule has 80 valence electrons. The summed E-state index contributed by atoms with van der Waals surface area (Å²) in [7, 11) is 0. The van der Waals surface area contributed by atoms with E-state index in [1.54, 1.807) is 12.4 Å². The van der Waals surface area contributed by atoms with Gasteiger partial charge in [-0.2, -0.15) is 0 Å². The van der Waals surface area contributed by atoms with Gasteiger partial charge >= 0.3 is 0 Å². The van der Waals surface area contributed by atoms with Crippen LogP contribution < -0.4 is 0 Å². The third-order valence-electron chi connectivity index (χ3n) is 2.15. The van der Waals surface area contributed by atoms with Gasteiger partial charge in [-0.1, -0.05) is 36.4 Å². The molecule has 16 heavy (non-hydrogen) atoms. The molecule has 0 bridgehead atoms. The van der Waals surface area contributed by atoms with Crippen LogP contribution in [0.3, 0.4) is 0 Å². The van der Waals surface area contributed by atoms with Crippen molar-refractivity contribution in [2.24, 2.45) is 0 Å². The second-order valence-corrected chi connectivity index (χ2v) is 4.26. The zero-order valence-corrected chi connectivity index (χ0v) is 10.5. The highest BCUT2D eigenvalue weighted by Gasteiger charge is 1.99. The minimum Gasteiger partial charge on any atom is -0.235 e. The molecule has 0 radical (unpaired) electrons. The Kier molecular flexibility index (Phi) is 3.47. The van der Waals surface area contributed by atoms with Crippen LogP contribution in [0.4, 0.5) is 0 Å². The third kappa shape index (κ3) is 2.55. The van der Waals surface area contributed by atoms with Crippen LogP contribution in [0.15, 0.2) is 47.2 Å². The number of hydrogen-bond acceptors (Lipinski definition) is 2. The molecule has 0 aliphatic rings. The number of allylic oxidation sites excluding steroid dienone is 1. The lowest BCUT2D eigenvalue weighted by Gasteiger charge is -2.00. The normalized spacial score (nSPS) is 10.9. The molecular weight excluding hydrogens is 264 g/mol. The van der Waals surface area contributed by atoms with Gasteiger partial charge in [0.05, 0.1) is 4.47 Å². The van der Waals surface area contributed by atoms with Gasteiger partial charge in [0.15, 0.2) is 5.82 Å². The summed E-state index contributed by atoms with van der Waals surface area (Å²) in [5.74, 6) is 0.746.